The van der Waals surface area contributed by atoms with E-state index in [1.54, 1.807) is 42.5 Å². The average molecular weight is 532 g/mol. The van der Waals surface area contributed by atoms with Crippen LogP contribution in [0.3, 0.4) is 0 Å². The predicted molar refractivity (Wildman–Crippen MR) is 132 cm³/mol. The van der Waals surface area contributed by atoms with E-state index in [-0.39, 0.29) is 23.6 Å². The van der Waals surface area contributed by atoms with E-state index in [4.69, 9.17) is 9.47 Å². The van der Waals surface area contributed by atoms with E-state index in [2.05, 4.69) is 22.9 Å². The minimum Gasteiger partial charge on any atom is -0.497 e. The first kappa shape index (κ1) is 24.8. The van der Waals surface area contributed by atoms with E-state index >= 15 is 0 Å². The van der Waals surface area contributed by atoms with Gasteiger partial charge in [0.1, 0.15) is 11.5 Å². The van der Waals surface area contributed by atoms with Crippen LogP contribution in [0.1, 0.15) is 25.3 Å². The van der Waals surface area contributed by atoms with Crippen molar-refractivity contribution in [3.8, 4) is 11.5 Å². The SMILES string of the molecule is CCc1ccc(OCCCC(=O)N(c2ccc(OC)cc2)S(=O)(=O)c2ccccc2)c(Br)c1. The summed E-state index contributed by atoms with van der Waals surface area (Å²) >= 11 is 3.50. The molecule has 0 bridgehead atoms. The number of carbonyl (C=O) groups excluding carboxylic acids is 1. The third-order valence-corrected chi connectivity index (χ3v) is 7.39. The molecule has 0 aromatic heterocycles. The first-order chi connectivity index (χ1) is 15.9. The number of hydrogen-bond acceptors (Lipinski definition) is 5. The molecular formula is C25H26BrNO5S. The molecule has 0 radical (unpaired) electrons. The zero-order chi connectivity index (χ0) is 23.8. The van der Waals surface area contributed by atoms with Crippen LogP contribution in [0.2, 0.25) is 0 Å². The van der Waals surface area contributed by atoms with Crippen LogP contribution in [-0.4, -0.2) is 28.0 Å². The first-order valence-electron chi connectivity index (χ1n) is 10.5. The third-order valence-electron chi connectivity index (χ3n) is 5.01. The average Bonchev–Trinajstić information content (AvgIpc) is 2.83. The number of nitrogens with zero attached hydrogens (tertiary/aromatic N) is 1. The third kappa shape index (κ3) is 6.15. The Morgan fingerprint density at radius 3 is 2.30 bits per heavy atom. The number of amides is 1. The molecule has 3 rings (SSSR count). The zero-order valence-electron chi connectivity index (χ0n) is 18.5. The van der Waals surface area contributed by atoms with Gasteiger partial charge in [-0.25, -0.2) is 12.7 Å². The summed E-state index contributed by atoms with van der Waals surface area (Å²) in [6, 6.07) is 20.1. The Morgan fingerprint density at radius 2 is 1.70 bits per heavy atom. The zero-order valence-corrected chi connectivity index (χ0v) is 20.9. The number of sulfonamides is 1. The van der Waals surface area contributed by atoms with Gasteiger partial charge < -0.3 is 9.47 Å². The van der Waals surface area contributed by atoms with Crippen LogP contribution in [0.4, 0.5) is 5.69 Å². The summed E-state index contributed by atoms with van der Waals surface area (Å²) in [5, 5.41) is 0. The molecular weight excluding hydrogens is 506 g/mol. The Kier molecular flexibility index (Phi) is 8.52. The summed E-state index contributed by atoms with van der Waals surface area (Å²) in [5.41, 5.74) is 1.44. The predicted octanol–water partition coefficient (Wildman–Crippen LogP) is 5.60. The molecule has 0 heterocycles. The number of methoxy groups -OCH3 is 1. The number of benzene rings is 3. The lowest BCUT2D eigenvalue weighted by molar-refractivity contribution is -0.117. The van der Waals surface area contributed by atoms with Crippen LogP contribution in [0.5, 0.6) is 11.5 Å². The van der Waals surface area contributed by atoms with Gasteiger partial charge in [0.05, 0.1) is 28.8 Å². The number of hydrogen-bond donors (Lipinski definition) is 0. The molecule has 0 saturated heterocycles. The maximum Gasteiger partial charge on any atom is 0.270 e. The second-order valence-corrected chi connectivity index (χ2v) is 9.89. The van der Waals surface area contributed by atoms with Crippen molar-refractivity contribution in [2.24, 2.45) is 0 Å². The normalized spacial score (nSPS) is 11.1. The van der Waals surface area contributed by atoms with Crippen LogP contribution in [0.15, 0.2) is 82.2 Å². The molecule has 0 aliphatic rings. The molecule has 0 fully saturated rings. The monoisotopic (exact) mass is 531 g/mol. The minimum absolute atomic E-state index is 0.00273. The van der Waals surface area contributed by atoms with Gasteiger partial charge in [-0.2, -0.15) is 0 Å². The molecule has 33 heavy (non-hydrogen) atoms. The molecule has 0 atom stereocenters. The van der Waals surface area contributed by atoms with E-state index in [0.717, 1.165) is 15.2 Å². The standard InChI is InChI=1S/C25H26BrNO5S/c1-3-19-11-16-24(23(26)18-19)32-17-7-10-25(28)27(20-12-14-21(31-2)15-13-20)33(29,30)22-8-5-4-6-9-22/h4-6,8-9,11-16,18H,3,7,10,17H2,1-2H3. The smallest absolute Gasteiger partial charge is 0.270 e. The lowest BCUT2D eigenvalue weighted by Gasteiger charge is -2.23. The quantitative estimate of drug-likeness (QED) is 0.318. The van der Waals surface area contributed by atoms with Crippen molar-refractivity contribution in [3.63, 3.8) is 0 Å². The van der Waals surface area contributed by atoms with Gasteiger partial charge in [0.2, 0.25) is 5.91 Å². The van der Waals surface area contributed by atoms with Crippen LogP contribution >= 0.6 is 15.9 Å². The molecule has 0 unspecified atom stereocenters. The van der Waals surface area contributed by atoms with Crippen molar-refractivity contribution in [1.29, 1.82) is 0 Å². The van der Waals surface area contributed by atoms with Gasteiger partial charge in [-0.15, -0.1) is 0 Å². The van der Waals surface area contributed by atoms with Crippen molar-refractivity contribution in [2.45, 2.75) is 31.1 Å². The summed E-state index contributed by atoms with van der Waals surface area (Å²) in [4.78, 5) is 13.2. The molecule has 3 aromatic rings. The Morgan fingerprint density at radius 1 is 1.00 bits per heavy atom. The van der Waals surface area contributed by atoms with Gasteiger partial charge in [0.15, 0.2) is 0 Å². The van der Waals surface area contributed by atoms with Crippen LogP contribution < -0.4 is 13.8 Å². The van der Waals surface area contributed by atoms with E-state index in [0.29, 0.717) is 17.9 Å². The number of carbonyl (C=O) groups is 1. The van der Waals surface area contributed by atoms with Crippen LogP contribution in [-0.2, 0) is 21.2 Å². The summed E-state index contributed by atoms with van der Waals surface area (Å²) in [7, 11) is -2.56. The maximum absolute atomic E-state index is 13.3. The molecule has 6 nitrogen and oxygen atoms in total. The molecule has 8 heteroatoms. The van der Waals surface area contributed by atoms with E-state index in [1.807, 2.05) is 18.2 Å². The van der Waals surface area contributed by atoms with Gasteiger partial charge in [-0.1, -0.05) is 31.2 Å². The topological polar surface area (TPSA) is 72.9 Å². The molecule has 0 spiro atoms. The van der Waals surface area contributed by atoms with Gasteiger partial charge in [0.25, 0.3) is 10.0 Å². The highest BCUT2D eigenvalue weighted by molar-refractivity contribution is 9.10. The van der Waals surface area contributed by atoms with Crippen LogP contribution in [0, 0.1) is 0 Å². The van der Waals surface area contributed by atoms with Gasteiger partial charge in [-0.05, 0) is 82.9 Å². The number of halogens is 1. The Labute approximate surface area is 203 Å². The summed E-state index contributed by atoms with van der Waals surface area (Å²) in [5.74, 6) is 0.716. The first-order valence-corrected chi connectivity index (χ1v) is 12.8. The Bertz CT molecular complexity index is 1180. The molecule has 0 saturated carbocycles. The van der Waals surface area contributed by atoms with Crippen LogP contribution in [0.25, 0.3) is 0 Å². The fraction of sp³-hybridized carbons (Fsp3) is 0.240. The molecule has 0 N–H and O–H groups in total. The highest BCUT2D eigenvalue weighted by atomic mass is 79.9. The summed E-state index contributed by atoms with van der Waals surface area (Å²) in [6.07, 6.45) is 1.28. The van der Waals surface area contributed by atoms with E-state index in [1.165, 1.54) is 24.8 Å². The lowest BCUT2D eigenvalue weighted by Crippen LogP contribution is -2.37. The summed E-state index contributed by atoms with van der Waals surface area (Å²) in [6.45, 7) is 2.35. The largest absolute Gasteiger partial charge is 0.497 e. The van der Waals surface area contributed by atoms with Gasteiger partial charge >= 0.3 is 0 Å². The van der Waals surface area contributed by atoms with Crippen molar-refractivity contribution in [2.75, 3.05) is 18.0 Å². The van der Waals surface area contributed by atoms with E-state index < -0.39 is 15.9 Å². The van der Waals surface area contributed by atoms with Gasteiger partial charge in [-0.3, -0.25) is 4.79 Å². The second kappa shape index (κ2) is 11.3. The van der Waals surface area contributed by atoms with Crippen molar-refractivity contribution in [3.05, 3.63) is 82.8 Å². The molecule has 0 aliphatic carbocycles. The van der Waals surface area contributed by atoms with Gasteiger partial charge in [0, 0.05) is 6.42 Å². The molecule has 3 aromatic carbocycles. The molecule has 1 amide bonds. The molecule has 174 valence electrons. The number of rotatable bonds is 10. The Balaban J connectivity index is 1.75. The van der Waals surface area contributed by atoms with Crippen molar-refractivity contribution in [1.82, 2.24) is 0 Å². The van der Waals surface area contributed by atoms with Crippen molar-refractivity contribution >= 4 is 37.5 Å². The van der Waals surface area contributed by atoms with E-state index in [9.17, 15) is 13.2 Å². The summed E-state index contributed by atoms with van der Waals surface area (Å²) < 4.78 is 39.3. The second-order valence-electron chi connectivity index (χ2n) is 7.24. The highest BCUT2D eigenvalue weighted by Crippen LogP contribution is 2.28. The maximum atomic E-state index is 13.3. The fourth-order valence-corrected chi connectivity index (χ4v) is 5.23. The molecule has 0 aliphatic heterocycles. The Hall–Kier alpha value is -2.84. The number of ether oxygens (including phenoxy) is 2. The number of aryl methyl sites for hydroxylation is 1. The minimum atomic E-state index is -4.08. The number of anilines is 1. The lowest BCUT2D eigenvalue weighted by atomic mass is 10.2. The fourth-order valence-electron chi connectivity index (χ4n) is 3.22. The highest BCUT2D eigenvalue weighted by Gasteiger charge is 2.30. The van der Waals surface area contributed by atoms with Crippen molar-refractivity contribution < 1.29 is 22.7 Å².